The fraction of sp³-hybridized carbons (Fsp3) is 0.429. The summed E-state index contributed by atoms with van der Waals surface area (Å²) in [7, 11) is 0. The second kappa shape index (κ2) is 7.70. The van der Waals surface area contributed by atoms with Crippen molar-refractivity contribution in [2.24, 2.45) is 0 Å². The highest BCUT2D eigenvalue weighted by Crippen LogP contribution is 2.51. The molecule has 136 valence electrons. The highest BCUT2D eigenvalue weighted by atomic mass is 32.2. The zero-order valence-electron chi connectivity index (χ0n) is 15.0. The first kappa shape index (κ1) is 17.4. The number of pyridine rings is 1. The van der Waals surface area contributed by atoms with Crippen molar-refractivity contribution in [3.05, 3.63) is 54.2 Å². The van der Waals surface area contributed by atoms with Crippen LogP contribution in [-0.4, -0.2) is 40.2 Å². The van der Waals surface area contributed by atoms with Crippen molar-refractivity contribution in [3.63, 3.8) is 0 Å². The zero-order chi connectivity index (χ0) is 17.8. The summed E-state index contributed by atoms with van der Waals surface area (Å²) in [6.07, 6.45) is 7.58. The number of nitrogens with zero attached hydrogens (tertiary/aromatic N) is 2. The summed E-state index contributed by atoms with van der Waals surface area (Å²) in [5.41, 5.74) is 0.704. The van der Waals surface area contributed by atoms with E-state index in [0.717, 1.165) is 38.3 Å². The Labute approximate surface area is 159 Å². The topological polar surface area (TPSA) is 45.2 Å². The van der Waals surface area contributed by atoms with Gasteiger partial charge in [0.1, 0.15) is 5.82 Å². The van der Waals surface area contributed by atoms with E-state index >= 15 is 0 Å². The van der Waals surface area contributed by atoms with Crippen molar-refractivity contribution in [1.29, 1.82) is 0 Å². The Morgan fingerprint density at radius 2 is 1.85 bits per heavy atom. The molecule has 2 aliphatic rings. The lowest BCUT2D eigenvalue weighted by atomic mass is 10.1. The molecule has 1 aliphatic carbocycles. The highest BCUT2D eigenvalue weighted by Gasteiger charge is 2.43. The molecule has 1 aliphatic heterocycles. The van der Waals surface area contributed by atoms with Gasteiger partial charge in [0.25, 0.3) is 5.91 Å². The molecule has 4 nitrogen and oxygen atoms in total. The van der Waals surface area contributed by atoms with E-state index in [1.54, 1.807) is 6.20 Å². The van der Waals surface area contributed by atoms with Crippen LogP contribution in [0, 0.1) is 0 Å². The third-order valence-corrected chi connectivity index (χ3v) is 6.64. The molecule has 5 heteroatoms. The van der Waals surface area contributed by atoms with Crippen molar-refractivity contribution in [2.45, 2.75) is 41.7 Å². The van der Waals surface area contributed by atoms with Gasteiger partial charge in [-0.2, -0.15) is 0 Å². The van der Waals surface area contributed by atoms with Crippen LogP contribution in [0.15, 0.2) is 53.6 Å². The lowest BCUT2D eigenvalue weighted by Crippen LogP contribution is -2.36. The predicted octanol–water partition coefficient (Wildman–Crippen LogP) is 4.44. The highest BCUT2D eigenvalue weighted by molar-refractivity contribution is 8.01. The van der Waals surface area contributed by atoms with Crippen LogP contribution in [0.3, 0.4) is 0 Å². The summed E-state index contributed by atoms with van der Waals surface area (Å²) in [4.78, 5) is 20.6. The second-order valence-electron chi connectivity index (χ2n) is 7.20. The van der Waals surface area contributed by atoms with E-state index in [4.69, 9.17) is 0 Å². The van der Waals surface area contributed by atoms with Crippen LogP contribution in [0.5, 0.6) is 0 Å². The van der Waals surface area contributed by atoms with E-state index in [1.165, 1.54) is 24.2 Å². The van der Waals surface area contributed by atoms with Crippen molar-refractivity contribution in [1.82, 2.24) is 9.88 Å². The molecule has 0 spiro atoms. The molecule has 2 heterocycles. The van der Waals surface area contributed by atoms with E-state index < -0.39 is 0 Å². The lowest BCUT2D eigenvalue weighted by molar-refractivity contribution is 0.0725. The van der Waals surface area contributed by atoms with E-state index in [1.807, 2.05) is 34.9 Å². The van der Waals surface area contributed by atoms with Gasteiger partial charge in [0.2, 0.25) is 0 Å². The zero-order valence-corrected chi connectivity index (χ0v) is 15.8. The number of nitrogens with one attached hydrogen (secondary N) is 1. The van der Waals surface area contributed by atoms with Gasteiger partial charge in [0, 0.05) is 35.5 Å². The Hall–Kier alpha value is -2.01. The molecule has 0 unspecified atom stereocenters. The molecule has 1 saturated heterocycles. The van der Waals surface area contributed by atoms with Gasteiger partial charge in [-0.15, -0.1) is 11.8 Å². The first-order chi connectivity index (χ1) is 12.8. The lowest BCUT2D eigenvalue weighted by Gasteiger charge is -2.27. The van der Waals surface area contributed by atoms with Crippen molar-refractivity contribution >= 4 is 23.5 Å². The summed E-state index contributed by atoms with van der Waals surface area (Å²) in [5.74, 6) is 0.837. The number of carbonyl (C=O) groups excluding carboxylic acids is 1. The van der Waals surface area contributed by atoms with Gasteiger partial charge >= 0.3 is 0 Å². The molecule has 0 bridgehead atoms. The maximum absolute atomic E-state index is 12.9. The van der Waals surface area contributed by atoms with E-state index in [9.17, 15) is 4.79 Å². The molecule has 2 fully saturated rings. The minimum absolute atomic E-state index is 0.112. The first-order valence-electron chi connectivity index (χ1n) is 9.48. The average molecular weight is 368 g/mol. The van der Waals surface area contributed by atoms with Crippen LogP contribution in [0.2, 0.25) is 0 Å². The summed E-state index contributed by atoms with van der Waals surface area (Å²) in [5, 5.41) is 3.48. The van der Waals surface area contributed by atoms with E-state index in [2.05, 4.69) is 34.6 Å². The van der Waals surface area contributed by atoms with Gasteiger partial charge in [-0.1, -0.05) is 18.2 Å². The van der Waals surface area contributed by atoms with Crippen LogP contribution < -0.4 is 5.32 Å². The summed E-state index contributed by atoms with van der Waals surface area (Å²) in [6, 6.07) is 14.3. The number of likely N-dealkylation sites (tertiary alicyclic amines) is 1. The smallest absolute Gasteiger partial charge is 0.257 e. The Bertz CT molecular complexity index is 755. The van der Waals surface area contributed by atoms with Crippen LogP contribution >= 0.6 is 11.8 Å². The number of aromatic nitrogens is 1. The molecule has 2 aromatic rings. The Kier molecular flexibility index (Phi) is 5.16. The van der Waals surface area contributed by atoms with Crippen LogP contribution in [-0.2, 0) is 0 Å². The Balaban J connectivity index is 1.43. The molecule has 0 atom stereocenters. The summed E-state index contributed by atoms with van der Waals surface area (Å²) < 4.78 is 0.227. The third-order valence-electron chi connectivity index (χ3n) is 5.14. The van der Waals surface area contributed by atoms with E-state index in [-0.39, 0.29) is 10.7 Å². The monoisotopic (exact) mass is 367 g/mol. The minimum atomic E-state index is 0.112. The van der Waals surface area contributed by atoms with Crippen LogP contribution in [0.4, 0.5) is 5.82 Å². The van der Waals surface area contributed by atoms with Gasteiger partial charge in [-0.3, -0.25) is 4.79 Å². The van der Waals surface area contributed by atoms with Gasteiger partial charge in [0.05, 0.1) is 5.56 Å². The average Bonchev–Trinajstić information content (AvgIpc) is 3.47. The molecule has 1 amide bonds. The molecule has 1 N–H and O–H groups in total. The molecular weight excluding hydrogens is 342 g/mol. The molecule has 1 aromatic heterocycles. The maximum Gasteiger partial charge on any atom is 0.257 e. The number of carbonyl (C=O) groups is 1. The Morgan fingerprint density at radius 1 is 1.08 bits per heavy atom. The van der Waals surface area contributed by atoms with Gasteiger partial charge in [0.15, 0.2) is 0 Å². The maximum atomic E-state index is 12.9. The van der Waals surface area contributed by atoms with Gasteiger partial charge in [-0.05, 0) is 56.4 Å². The van der Waals surface area contributed by atoms with Crippen molar-refractivity contribution in [3.8, 4) is 0 Å². The minimum Gasteiger partial charge on any atom is -0.368 e. The number of piperidine rings is 1. The number of rotatable bonds is 6. The molecule has 0 radical (unpaired) electrons. The molecule has 26 heavy (non-hydrogen) atoms. The van der Waals surface area contributed by atoms with Gasteiger partial charge in [-0.25, -0.2) is 4.98 Å². The van der Waals surface area contributed by atoms with Gasteiger partial charge < -0.3 is 10.2 Å². The first-order valence-corrected chi connectivity index (χ1v) is 10.3. The quantitative estimate of drug-likeness (QED) is 0.820. The summed E-state index contributed by atoms with van der Waals surface area (Å²) >= 11 is 1.93. The standard InChI is InChI=1S/C21H25N3OS/c25-20(24-14-5-2-6-15-24)18-10-7-13-22-19(18)23-16-21(11-12-21)26-17-8-3-1-4-9-17/h1,3-4,7-10,13H,2,5-6,11-12,14-16H2,(H,22,23). The van der Waals surface area contributed by atoms with Crippen molar-refractivity contribution < 1.29 is 4.79 Å². The number of anilines is 1. The molecular formula is C21H25N3OS. The SMILES string of the molecule is O=C(c1cccnc1NCC1(Sc2ccccc2)CC1)N1CCCCC1. The number of hydrogen-bond acceptors (Lipinski definition) is 4. The molecule has 1 saturated carbocycles. The molecule has 4 rings (SSSR count). The van der Waals surface area contributed by atoms with Crippen molar-refractivity contribution in [2.75, 3.05) is 25.0 Å². The van der Waals surface area contributed by atoms with E-state index in [0.29, 0.717) is 5.56 Å². The molecule has 1 aromatic carbocycles. The van der Waals surface area contributed by atoms with Crippen LogP contribution in [0.1, 0.15) is 42.5 Å². The number of amides is 1. The summed E-state index contributed by atoms with van der Waals surface area (Å²) in [6.45, 7) is 2.56. The number of benzene rings is 1. The number of hydrogen-bond donors (Lipinski definition) is 1. The Morgan fingerprint density at radius 3 is 2.58 bits per heavy atom. The fourth-order valence-corrected chi connectivity index (χ4v) is 4.67. The fourth-order valence-electron chi connectivity index (χ4n) is 3.42. The second-order valence-corrected chi connectivity index (χ2v) is 8.75. The third kappa shape index (κ3) is 4.04. The normalized spacial score (nSPS) is 18.4. The van der Waals surface area contributed by atoms with Crippen LogP contribution in [0.25, 0.3) is 0 Å². The number of thioether (sulfide) groups is 1. The predicted molar refractivity (Wildman–Crippen MR) is 107 cm³/mol. The largest absolute Gasteiger partial charge is 0.368 e.